The minimum Gasteiger partial charge on any atom is -0.387 e. The molecule has 0 aliphatic rings. The fraction of sp³-hybridized carbons (Fsp3) is 0.438. The van der Waals surface area contributed by atoms with E-state index in [0.29, 0.717) is 16.7 Å². The van der Waals surface area contributed by atoms with Crippen molar-refractivity contribution in [3.05, 3.63) is 45.2 Å². The Morgan fingerprint density at radius 1 is 0.935 bits per heavy atom. The highest BCUT2D eigenvalue weighted by Gasteiger charge is 2.42. The van der Waals surface area contributed by atoms with Crippen LogP contribution in [-0.4, -0.2) is 22.2 Å². The number of aromatic nitrogens is 2. The van der Waals surface area contributed by atoms with Gasteiger partial charge in [-0.1, -0.05) is 0 Å². The summed E-state index contributed by atoms with van der Waals surface area (Å²) in [4.78, 5) is 5.73. The molecule has 0 fully saturated rings. The molecule has 0 aliphatic carbocycles. The molecule has 31 heavy (non-hydrogen) atoms. The fourth-order valence-corrected chi connectivity index (χ4v) is 3.42. The number of nitrogens with zero attached hydrogens (tertiary/aromatic N) is 3. The molecule has 3 atom stereocenters. The van der Waals surface area contributed by atoms with E-state index < -0.39 is 64.3 Å². The number of methoxy groups -OCH3 is 1. The van der Waals surface area contributed by atoms with Gasteiger partial charge >= 0.3 is 18.5 Å². The molecule has 15 heteroatoms. The molecule has 0 saturated carbocycles. The second kappa shape index (κ2) is 8.60. The Bertz CT molecular complexity index is 931. The molecule has 2 aromatic rings. The summed E-state index contributed by atoms with van der Waals surface area (Å²) in [5.41, 5.74) is -6.27. The number of pyridine rings is 1. The maximum atomic E-state index is 13.0. The minimum atomic E-state index is -5.31. The number of ether oxygens (including phenoxy) is 1. The molecule has 0 amide bonds. The van der Waals surface area contributed by atoms with Gasteiger partial charge in [-0.05, 0) is 17.7 Å². The largest absolute Gasteiger partial charge is 0.434 e. The number of halogens is 9. The van der Waals surface area contributed by atoms with Crippen LogP contribution in [0.25, 0.3) is 0 Å². The summed E-state index contributed by atoms with van der Waals surface area (Å²) in [6.45, 7) is 0. The summed E-state index contributed by atoms with van der Waals surface area (Å²) in [6.07, 6.45) is -19.5. The van der Waals surface area contributed by atoms with Crippen molar-refractivity contribution < 1.29 is 49.4 Å². The Kier molecular flexibility index (Phi) is 6.88. The summed E-state index contributed by atoms with van der Waals surface area (Å²) >= 11 is 0.390. The first-order chi connectivity index (χ1) is 14.1. The monoisotopic (exact) mass is 479 g/mol. The van der Waals surface area contributed by atoms with E-state index in [1.165, 1.54) is 6.07 Å². The SMILES string of the molecule is COC(c1nc(C(F)(F)F)cs1)C(C#N)C(O)c1cc(C(F)(F)F)nc(C(F)(F)F)c1. The highest BCUT2D eigenvalue weighted by Crippen LogP contribution is 2.41. The van der Waals surface area contributed by atoms with Gasteiger partial charge in [0.05, 0.1) is 12.2 Å². The molecular weight excluding hydrogens is 469 g/mol. The molecule has 0 saturated heterocycles. The van der Waals surface area contributed by atoms with Crippen LogP contribution < -0.4 is 0 Å². The predicted octanol–water partition coefficient (Wildman–Crippen LogP) is 5.16. The van der Waals surface area contributed by atoms with Gasteiger partial charge in [0.25, 0.3) is 0 Å². The zero-order chi connectivity index (χ0) is 23.8. The van der Waals surface area contributed by atoms with Crippen LogP contribution in [0, 0.1) is 17.2 Å². The molecule has 170 valence electrons. The molecule has 0 spiro atoms. The molecule has 5 nitrogen and oxygen atoms in total. The van der Waals surface area contributed by atoms with Crippen molar-refractivity contribution >= 4 is 11.3 Å². The summed E-state index contributed by atoms with van der Waals surface area (Å²) in [6, 6.07) is 1.66. The summed E-state index contributed by atoms with van der Waals surface area (Å²) in [7, 11) is 0.922. The lowest BCUT2D eigenvalue weighted by Gasteiger charge is -2.24. The molecule has 2 aromatic heterocycles. The third-order valence-electron chi connectivity index (χ3n) is 3.90. The molecule has 0 aromatic carbocycles. The van der Waals surface area contributed by atoms with Gasteiger partial charge in [-0.2, -0.15) is 44.8 Å². The van der Waals surface area contributed by atoms with E-state index in [1.54, 1.807) is 0 Å². The van der Waals surface area contributed by atoms with Gasteiger partial charge in [0, 0.05) is 12.5 Å². The van der Waals surface area contributed by atoms with Crippen LogP contribution in [-0.2, 0) is 23.3 Å². The van der Waals surface area contributed by atoms with Gasteiger partial charge in [0.2, 0.25) is 0 Å². The van der Waals surface area contributed by atoms with E-state index in [0.717, 1.165) is 7.11 Å². The smallest absolute Gasteiger partial charge is 0.387 e. The molecule has 0 bridgehead atoms. The van der Waals surface area contributed by atoms with Gasteiger partial charge in [0.1, 0.15) is 28.4 Å². The number of hydrogen-bond donors (Lipinski definition) is 1. The van der Waals surface area contributed by atoms with E-state index in [-0.39, 0.29) is 12.1 Å². The van der Waals surface area contributed by atoms with Crippen molar-refractivity contribution in [3.8, 4) is 6.07 Å². The molecule has 3 unspecified atom stereocenters. The minimum absolute atomic E-state index is 0.111. The lowest BCUT2D eigenvalue weighted by molar-refractivity contribution is -0.150. The molecule has 2 heterocycles. The van der Waals surface area contributed by atoms with Crippen LogP contribution in [0.4, 0.5) is 39.5 Å². The average molecular weight is 479 g/mol. The van der Waals surface area contributed by atoms with Crippen molar-refractivity contribution in [2.24, 2.45) is 5.92 Å². The van der Waals surface area contributed by atoms with Crippen molar-refractivity contribution in [1.29, 1.82) is 5.26 Å². The normalized spacial score (nSPS) is 15.9. The van der Waals surface area contributed by atoms with Crippen LogP contribution in [0.5, 0.6) is 0 Å². The maximum Gasteiger partial charge on any atom is 0.434 e. The van der Waals surface area contributed by atoms with Gasteiger partial charge in [-0.3, -0.25) is 0 Å². The number of rotatable bonds is 5. The lowest BCUT2D eigenvalue weighted by Crippen LogP contribution is -2.23. The Morgan fingerprint density at radius 2 is 1.42 bits per heavy atom. The molecule has 1 N–H and O–H groups in total. The number of hydrogen-bond acceptors (Lipinski definition) is 6. The van der Waals surface area contributed by atoms with E-state index in [9.17, 15) is 49.9 Å². The van der Waals surface area contributed by atoms with Crippen molar-refractivity contribution in [3.63, 3.8) is 0 Å². The first-order valence-corrected chi connectivity index (χ1v) is 8.77. The molecular formula is C16H10F9N3O2S. The second-order valence-corrected chi connectivity index (χ2v) is 6.88. The van der Waals surface area contributed by atoms with E-state index in [4.69, 9.17) is 4.74 Å². The average Bonchev–Trinajstić information content (AvgIpc) is 3.14. The third-order valence-corrected chi connectivity index (χ3v) is 4.80. The number of thiazole rings is 1. The zero-order valence-electron chi connectivity index (χ0n) is 15.0. The Balaban J connectivity index is 2.52. The third kappa shape index (κ3) is 5.63. The van der Waals surface area contributed by atoms with E-state index in [2.05, 4.69) is 9.97 Å². The number of aliphatic hydroxyl groups excluding tert-OH is 1. The van der Waals surface area contributed by atoms with Crippen LogP contribution in [0.15, 0.2) is 17.5 Å². The van der Waals surface area contributed by atoms with Crippen molar-refractivity contribution in [2.75, 3.05) is 7.11 Å². The highest BCUT2D eigenvalue weighted by molar-refractivity contribution is 7.09. The fourth-order valence-electron chi connectivity index (χ4n) is 2.47. The number of alkyl halides is 9. The zero-order valence-corrected chi connectivity index (χ0v) is 15.8. The highest BCUT2D eigenvalue weighted by atomic mass is 32.1. The second-order valence-electron chi connectivity index (χ2n) is 5.99. The summed E-state index contributed by atoms with van der Waals surface area (Å²) in [5, 5.41) is 19.9. The Morgan fingerprint density at radius 3 is 1.77 bits per heavy atom. The van der Waals surface area contributed by atoms with Crippen molar-refractivity contribution in [1.82, 2.24) is 9.97 Å². The van der Waals surface area contributed by atoms with Gasteiger partial charge in [-0.25, -0.2) is 9.97 Å². The topological polar surface area (TPSA) is 79.0 Å². The van der Waals surface area contributed by atoms with Gasteiger partial charge < -0.3 is 9.84 Å². The standard InChI is InChI=1S/C16H10F9N3O2S/c1-30-12(13-28-10(5-31-13)16(23,24)25)7(4-26)11(29)6-2-8(14(17,18)19)27-9(3-6)15(20,21)22/h2-3,5,7,11-12,29H,1H3. The van der Waals surface area contributed by atoms with Crippen LogP contribution in [0.1, 0.15) is 39.9 Å². The maximum absolute atomic E-state index is 13.0. The van der Waals surface area contributed by atoms with Crippen LogP contribution in [0.3, 0.4) is 0 Å². The first kappa shape index (κ1) is 24.8. The first-order valence-electron chi connectivity index (χ1n) is 7.89. The van der Waals surface area contributed by atoms with Gasteiger partial charge in [-0.15, -0.1) is 11.3 Å². The van der Waals surface area contributed by atoms with E-state index in [1.807, 2.05) is 0 Å². The van der Waals surface area contributed by atoms with E-state index >= 15 is 0 Å². The Hall–Kier alpha value is -2.44. The summed E-state index contributed by atoms with van der Waals surface area (Å²) in [5.74, 6) is -1.90. The van der Waals surface area contributed by atoms with Crippen LogP contribution >= 0.6 is 11.3 Å². The van der Waals surface area contributed by atoms with Crippen LogP contribution in [0.2, 0.25) is 0 Å². The molecule has 0 aliphatic heterocycles. The van der Waals surface area contributed by atoms with Gasteiger partial charge in [0.15, 0.2) is 5.69 Å². The Labute approximate surface area is 171 Å². The quantitative estimate of drug-likeness (QED) is 0.600. The number of nitriles is 1. The predicted molar refractivity (Wildman–Crippen MR) is 85.2 cm³/mol. The molecule has 0 radical (unpaired) electrons. The molecule has 2 rings (SSSR count). The lowest BCUT2D eigenvalue weighted by atomic mass is 9.91. The number of aliphatic hydroxyl groups is 1. The summed E-state index contributed by atoms with van der Waals surface area (Å²) < 4.78 is 121. The van der Waals surface area contributed by atoms with Crippen molar-refractivity contribution in [2.45, 2.75) is 30.7 Å².